The normalized spacial score (nSPS) is 18.0. The lowest BCUT2D eigenvalue weighted by Crippen LogP contribution is -2.54. The Hall–Kier alpha value is -2.61. The molecule has 0 aliphatic carbocycles. The topological polar surface area (TPSA) is 96.2 Å². The number of rotatable bonds is 6. The molecule has 25 heavy (non-hydrogen) atoms. The first kappa shape index (κ1) is 18.7. The third kappa shape index (κ3) is 4.69. The minimum atomic E-state index is -0.889. The van der Waals surface area contributed by atoms with E-state index in [1.165, 1.54) is 17.0 Å². The van der Waals surface area contributed by atoms with Gasteiger partial charge in [-0.25, -0.2) is 4.79 Å². The number of ether oxygens (including phenoxy) is 1. The molecule has 1 N–H and O–H groups in total. The van der Waals surface area contributed by atoms with Crippen molar-refractivity contribution in [1.82, 2.24) is 9.80 Å². The molecule has 1 heterocycles. The molecule has 0 bridgehead atoms. The zero-order valence-corrected chi connectivity index (χ0v) is 14.5. The zero-order chi connectivity index (χ0) is 18.6. The first-order valence-electron chi connectivity index (χ1n) is 8.08. The SMILES string of the molecule is C=C(C)c1cc([N+](=O)[O-])ccc1OCCN1CCN(C(=O)O)[C@@H](C)C1. The van der Waals surface area contributed by atoms with Crippen LogP contribution in [0.15, 0.2) is 24.8 Å². The fourth-order valence-corrected chi connectivity index (χ4v) is 2.90. The van der Waals surface area contributed by atoms with Crippen LogP contribution >= 0.6 is 0 Å². The van der Waals surface area contributed by atoms with Crippen molar-refractivity contribution in [2.75, 3.05) is 32.8 Å². The average Bonchev–Trinajstić information content (AvgIpc) is 2.54. The van der Waals surface area contributed by atoms with Crippen molar-refractivity contribution < 1.29 is 19.6 Å². The number of hydrogen-bond acceptors (Lipinski definition) is 5. The molecule has 136 valence electrons. The number of carbonyl (C=O) groups is 1. The van der Waals surface area contributed by atoms with E-state index in [1.54, 1.807) is 13.0 Å². The molecule has 1 fully saturated rings. The van der Waals surface area contributed by atoms with Gasteiger partial charge in [-0.2, -0.15) is 0 Å². The maximum absolute atomic E-state index is 11.1. The van der Waals surface area contributed by atoms with E-state index in [0.29, 0.717) is 49.7 Å². The molecule has 1 aromatic rings. The van der Waals surface area contributed by atoms with Gasteiger partial charge in [0, 0.05) is 49.9 Å². The number of allylic oxidation sites excluding steroid dienone is 1. The number of nitro groups is 1. The molecular weight excluding hydrogens is 326 g/mol. The highest BCUT2D eigenvalue weighted by molar-refractivity contribution is 5.69. The van der Waals surface area contributed by atoms with Crippen molar-refractivity contribution >= 4 is 17.4 Å². The van der Waals surface area contributed by atoms with Gasteiger partial charge in [0.15, 0.2) is 0 Å². The molecule has 2 rings (SSSR count). The number of piperazine rings is 1. The maximum Gasteiger partial charge on any atom is 0.407 e. The molecule has 0 spiro atoms. The van der Waals surface area contributed by atoms with Crippen LogP contribution in [-0.2, 0) is 0 Å². The Balaban J connectivity index is 1.93. The van der Waals surface area contributed by atoms with Crippen LogP contribution in [0, 0.1) is 10.1 Å². The third-order valence-electron chi connectivity index (χ3n) is 4.26. The number of carboxylic acid groups (broad SMARTS) is 1. The van der Waals surface area contributed by atoms with Crippen LogP contribution in [0.5, 0.6) is 5.75 Å². The first-order valence-corrected chi connectivity index (χ1v) is 8.08. The Morgan fingerprint density at radius 2 is 2.20 bits per heavy atom. The first-order chi connectivity index (χ1) is 11.8. The van der Waals surface area contributed by atoms with Crippen LogP contribution in [0.3, 0.4) is 0 Å². The summed E-state index contributed by atoms with van der Waals surface area (Å²) in [6.07, 6.45) is -0.889. The third-order valence-corrected chi connectivity index (χ3v) is 4.26. The summed E-state index contributed by atoms with van der Waals surface area (Å²) in [5.74, 6) is 0.565. The van der Waals surface area contributed by atoms with Crippen molar-refractivity contribution in [3.63, 3.8) is 0 Å². The van der Waals surface area contributed by atoms with Gasteiger partial charge in [-0.05, 0) is 25.5 Å². The summed E-state index contributed by atoms with van der Waals surface area (Å²) < 4.78 is 5.79. The van der Waals surface area contributed by atoms with E-state index in [0.717, 1.165) is 0 Å². The number of nitro benzene ring substituents is 1. The Morgan fingerprint density at radius 1 is 1.48 bits per heavy atom. The lowest BCUT2D eigenvalue weighted by Gasteiger charge is -2.38. The molecule has 0 aromatic heterocycles. The van der Waals surface area contributed by atoms with E-state index in [1.807, 2.05) is 6.92 Å². The van der Waals surface area contributed by atoms with Crippen molar-refractivity contribution in [3.8, 4) is 5.75 Å². The maximum atomic E-state index is 11.1. The monoisotopic (exact) mass is 349 g/mol. The number of benzene rings is 1. The van der Waals surface area contributed by atoms with Gasteiger partial charge in [-0.3, -0.25) is 15.0 Å². The lowest BCUT2D eigenvalue weighted by atomic mass is 10.1. The zero-order valence-electron chi connectivity index (χ0n) is 14.5. The van der Waals surface area contributed by atoms with Gasteiger partial charge in [-0.1, -0.05) is 6.58 Å². The van der Waals surface area contributed by atoms with Crippen molar-refractivity contribution in [1.29, 1.82) is 0 Å². The molecule has 1 aliphatic rings. The van der Waals surface area contributed by atoms with Crippen LogP contribution in [0.25, 0.3) is 5.57 Å². The van der Waals surface area contributed by atoms with Crippen LogP contribution in [-0.4, -0.2) is 64.8 Å². The summed E-state index contributed by atoms with van der Waals surface area (Å²) in [6, 6.07) is 4.41. The smallest absolute Gasteiger partial charge is 0.407 e. The summed E-state index contributed by atoms with van der Waals surface area (Å²) in [5.41, 5.74) is 1.32. The molecule has 8 heteroatoms. The molecule has 0 saturated carbocycles. The van der Waals surface area contributed by atoms with Crippen LogP contribution in [0.4, 0.5) is 10.5 Å². The van der Waals surface area contributed by atoms with Gasteiger partial charge in [0.2, 0.25) is 0 Å². The van der Waals surface area contributed by atoms with E-state index < -0.39 is 11.0 Å². The molecular formula is C17H23N3O5. The number of nitrogens with zero attached hydrogens (tertiary/aromatic N) is 3. The molecule has 8 nitrogen and oxygen atoms in total. The molecule has 1 atom stereocenters. The summed E-state index contributed by atoms with van der Waals surface area (Å²) >= 11 is 0. The summed E-state index contributed by atoms with van der Waals surface area (Å²) in [4.78, 5) is 25.1. The quantitative estimate of drug-likeness (QED) is 0.626. The molecule has 0 radical (unpaired) electrons. The van der Waals surface area contributed by atoms with Crippen molar-refractivity contribution in [2.24, 2.45) is 0 Å². The Kier molecular flexibility index (Phi) is 5.97. The van der Waals surface area contributed by atoms with Crippen LogP contribution < -0.4 is 4.74 Å². The van der Waals surface area contributed by atoms with E-state index in [-0.39, 0.29) is 11.7 Å². The van der Waals surface area contributed by atoms with E-state index in [2.05, 4.69) is 11.5 Å². The minimum absolute atomic E-state index is 0.00367. The van der Waals surface area contributed by atoms with Gasteiger partial charge in [0.1, 0.15) is 12.4 Å². The predicted octanol–water partition coefficient (Wildman–Crippen LogP) is 2.69. The molecule has 1 saturated heterocycles. The van der Waals surface area contributed by atoms with Gasteiger partial charge in [-0.15, -0.1) is 0 Å². The van der Waals surface area contributed by atoms with E-state index >= 15 is 0 Å². The number of non-ortho nitro benzene ring substituents is 1. The highest BCUT2D eigenvalue weighted by atomic mass is 16.6. The minimum Gasteiger partial charge on any atom is -0.492 e. The lowest BCUT2D eigenvalue weighted by molar-refractivity contribution is -0.384. The Labute approximate surface area is 146 Å². The Morgan fingerprint density at radius 3 is 2.76 bits per heavy atom. The number of amides is 1. The second-order valence-corrected chi connectivity index (χ2v) is 6.19. The average molecular weight is 349 g/mol. The second-order valence-electron chi connectivity index (χ2n) is 6.19. The van der Waals surface area contributed by atoms with E-state index in [4.69, 9.17) is 9.84 Å². The molecule has 0 unspecified atom stereocenters. The highest BCUT2D eigenvalue weighted by Gasteiger charge is 2.26. The molecule has 1 amide bonds. The van der Waals surface area contributed by atoms with Gasteiger partial charge >= 0.3 is 6.09 Å². The van der Waals surface area contributed by atoms with E-state index in [9.17, 15) is 14.9 Å². The fourth-order valence-electron chi connectivity index (χ4n) is 2.90. The number of hydrogen-bond donors (Lipinski definition) is 1. The van der Waals surface area contributed by atoms with Gasteiger partial charge in [0.05, 0.1) is 4.92 Å². The summed E-state index contributed by atoms with van der Waals surface area (Å²) in [5, 5.41) is 20.0. The summed E-state index contributed by atoms with van der Waals surface area (Å²) in [6.45, 7) is 10.4. The standard InChI is InChI=1S/C17H23N3O5/c1-12(2)15-10-14(20(23)24)4-5-16(15)25-9-8-18-6-7-19(17(21)22)13(3)11-18/h4-5,10,13H,1,6-9,11H2,2-3H3,(H,21,22)/t13-/m0/s1. The second kappa shape index (κ2) is 7.98. The summed E-state index contributed by atoms with van der Waals surface area (Å²) in [7, 11) is 0. The Bertz CT molecular complexity index is 676. The fraction of sp³-hybridized carbons (Fsp3) is 0.471. The highest BCUT2D eigenvalue weighted by Crippen LogP contribution is 2.29. The van der Waals surface area contributed by atoms with Gasteiger partial charge < -0.3 is 14.7 Å². The van der Waals surface area contributed by atoms with Crippen molar-refractivity contribution in [2.45, 2.75) is 19.9 Å². The predicted molar refractivity (Wildman–Crippen MR) is 93.9 cm³/mol. The largest absolute Gasteiger partial charge is 0.492 e. The van der Waals surface area contributed by atoms with Crippen LogP contribution in [0.1, 0.15) is 19.4 Å². The van der Waals surface area contributed by atoms with Crippen LogP contribution in [0.2, 0.25) is 0 Å². The molecule has 1 aromatic carbocycles. The molecule has 1 aliphatic heterocycles. The van der Waals surface area contributed by atoms with Gasteiger partial charge in [0.25, 0.3) is 5.69 Å². The van der Waals surface area contributed by atoms with Crippen molar-refractivity contribution in [3.05, 3.63) is 40.5 Å².